The molecule has 0 aliphatic carbocycles. The van der Waals surface area contributed by atoms with Gasteiger partial charge >= 0.3 is 5.97 Å². The molecule has 1 heterocycles. The predicted molar refractivity (Wildman–Crippen MR) is 51.1 cm³/mol. The van der Waals surface area contributed by atoms with Gasteiger partial charge in [-0.05, 0) is 27.6 Å². The van der Waals surface area contributed by atoms with Crippen LogP contribution in [0.2, 0.25) is 0 Å². The zero-order chi connectivity index (χ0) is 9.84. The molecule has 13 heavy (non-hydrogen) atoms. The summed E-state index contributed by atoms with van der Waals surface area (Å²) < 4.78 is 0.740. The van der Waals surface area contributed by atoms with E-state index in [4.69, 9.17) is 10.8 Å². The average molecular weight is 245 g/mol. The maximum absolute atomic E-state index is 10.4. The number of pyridine rings is 1. The molecule has 0 saturated carbocycles. The summed E-state index contributed by atoms with van der Waals surface area (Å²) in [7, 11) is 0. The molecule has 0 aliphatic rings. The molecule has 1 aromatic heterocycles. The molecule has 4 nitrogen and oxygen atoms in total. The maximum Gasteiger partial charge on any atom is 0.305 e. The fourth-order valence-electron chi connectivity index (χ4n) is 0.985. The molecule has 0 aromatic carbocycles. The first-order chi connectivity index (χ1) is 6.11. The Morgan fingerprint density at radius 2 is 2.46 bits per heavy atom. The SMILES string of the molecule is N[C@H](CC(=O)O)c1ccncc1Br. The third-order valence-corrected chi connectivity index (χ3v) is 2.26. The van der Waals surface area contributed by atoms with Gasteiger partial charge in [0.1, 0.15) is 0 Å². The molecule has 1 rings (SSSR count). The van der Waals surface area contributed by atoms with Crippen LogP contribution in [-0.4, -0.2) is 16.1 Å². The summed E-state index contributed by atoms with van der Waals surface area (Å²) in [6.07, 6.45) is 3.10. The van der Waals surface area contributed by atoms with E-state index in [0.29, 0.717) is 0 Å². The van der Waals surface area contributed by atoms with Gasteiger partial charge in [0, 0.05) is 22.9 Å². The van der Waals surface area contributed by atoms with Crippen molar-refractivity contribution < 1.29 is 9.90 Å². The van der Waals surface area contributed by atoms with Gasteiger partial charge in [0.2, 0.25) is 0 Å². The van der Waals surface area contributed by atoms with Gasteiger partial charge in [0.25, 0.3) is 0 Å². The Bertz CT molecular complexity index is 317. The van der Waals surface area contributed by atoms with Gasteiger partial charge in [-0.1, -0.05) is 0 Å². The second-order valence-corrected chi connectivity index (χ2v) is 3.46. The van der Waals surface area contributed by atoms with E-state index in [-0.39, 0.29) is 6.42 Å². The number of nitrogens with two attached hydrogens (primary N) is 1. The number of halogens is 1. The highest BCUT2D eigenvalue weighted by atomic mass is 79.9. The van der Waals surface area contributed by atoms with Crippen LogP contribution in [-0.2, 0) is 4.79 Å². The molecule has 1 aromatic rings. The average Bonchev–Trinajstić information content (AvgIpc) is 2.03. The summed E-state index contributed by atoms with van der Waals surface area (Å²) >= 11 is 3.25. The fourth-order valence-corrected chi connectivity index (χ4v) is 1.53. The van der Waals surface area contributed by atoms with Crippen LogP contribution in [0.1, 0.15) is 18.0 Å². The van der Waals surface area contributed by atoms with Gasteiger partial charge in [0.15, 0.2) is 0 Å². The van der Waals surface area contributed by atoms with Crippen LogP contribution in [0.5, 0.6) is 0 Å². The van der Waals surface area contributed by atoms with Crippen molar-refractivity contribution in [3.63, 3.8) is 0 Å². The van der Waals surface area contributed by atoms with Gasteiger partial charge in [-0.3, -0.25) is 9.78 Å². The first kappa shape index (κ1) is 10.1. The number of carboxylic acids is 1. The Balaban J connectivity index is 2.82. The monoisotopic (exact) mass is 244 g/mol. The molecule has 3 N–H and O–H groups in total. The lowest BCUT2D eigenvalue weighted by atomic mass is 10.1. The zero-order valence-corrected chi connectivity index (χ0v) is 8.36. The van der Waals surface area contributed by atoms with Crippen LogP contribution in [0, 0.1) is 0 Å². The molecule has 5 heteroatoms. The summed E-state index contributed by atoms with van der Waals surface area (Å²) in [6.45, 7) is 0. The lowest BCUT2D eigenvalue weighted by molar-refractivity contribution is -0.137. The first-order valence-corrected chi connectivity index (χ1v) is 4.47. The number of hydrogen-bond donors (Lipinski definition) is 2. The van der Waals surface area contributed by atoms with Crippen molar-refractivity contribution in [2.24, 2.45) is 5.73 Å². The highest BCUT2D eigenvalue weighted by Crippen LogP contribution is 2.22. The quantitative estimate of drug-likeness (QED) is 0.841. The summed E-state index contributed by atoms with van der Waals surface area (Å²) in [5.74, 6) is -0.906. The molecule has 0 radical (unpaired) electrons. The number of carboxylic acid groups (broad SMARTS) is 1. The van der Waals surface area contributed by atoms with Crippen molar-refractivity contribution in [1.82, 2.24) is 4.98 Å². The van der Waals surface area contributed by atoms with Crippen LogP contribution < -0.4 is 5.73 Å². The highest BCUT2D eigenvalue weighted by molar-refractivity contribution is 9.10. The van der Waals surface area contributed by atoms with Gasteiger partial charge in [0.05, 0.1) is 6.42 Å². The Hall–Kier alpha value is -0.940. The Morgan fingerprint density at radius 1 is 1.77 bits per heavy atom. The van der Waals surface area contributed by atoms with Gasteiger partial charge < -0.3 is 10.8 Å². The van der Waals surface area contributed by atoms with Crippen molar-refractivity contribution in [1.29, 1.82) is 0 Å². The van der Waals surface area contributed by atoms with Gasteiger partial charge in [-0.25, -0.2) is 0 Å². The van der Waals surface area contributed by atoms with E-state index in [1.807, 2.05) is 0 Å². The number of rotatable bonds is 3. The number of aliphatic carboxylic acids is 1. The first-order valence-electron chi connectivity index (χ1n) is 3.68. The molecule has 0 saturated heterocycles. The zero-order valence-electron chi connectivity index (χ0n) is 6.77. The molecule has 0 spiro atoms. The van der Waals surface area contributed by atoms with E-state index in [1.165, 1.54) is 0 Å². The largest absolute Gasteiger partial charge is 0.481 e. The van der Waals surface area contributed by atoms with Gasteiger partial charge in [-0.2, -0.15) is 0 Å². The van der Waals surface area contributed by atoms with E-state index in [0.717, 1.165) is 10.0 Å². The molecular weight excluding hydrogens is 236 g/mol. The van der Waals surface area contributed by atoms with Crippen LogP contribution in [0.4, 0.5) is 0 Å². The van der Waals surface area contributed by atoms with Gasteiger partial charge in [-0.15, -0.1) is 0 Å². The normalized spacial score (nSPS) is 12.5. The predicted octanol–water partition coefficient (Wildman–Crippen LogP) is 1.32. The third kappa shape index (κ3) is 2.78. The molecule has 0 fully saturated rings. The molecule has 0 aliphatic heterocycles. The molecule has 1 atom stereocenters. The molecule has 0 bridgehead atoms. The topological polar surface area (TPSA) is 76.2 Å². The maximum atomic E-state index is 10.4. The smallest absolute Gasteiger partial charge is 0.305 e. The van der Waals surface area contributed by atoms with E-state index < -0.39 is 12.0 Å². The Labute approximate surface area is 83.9 Å². The summed E-state index contributed by atoms with van der Waals surface area (Å²) in [5.41, 5.74) is 6.42. The lowest BCUT2D eigenvalue weighted by Crippen LogP contribution is -2.15. The van der Waals surface area contributed by atoms with Crippen molar-refractivity contribution in [2.45, 2.75) is 12.5 Å². The van der Waals surface area contributed by atoms with Crippen molar-refractivity contribution in [3.05, 3.63) is 28.5 Å². The second kappa shape index (κ2) is 4.34. The Morgan fingerprint density at radius 3 is 3.00 bits per heavy atom. The molecular formula is C8H9BrN2O2. The minimum Gasteiger partial charge on any atom is -0.481 e. The van der Waals surface area contributed by atoms with E-state index in [1.54, 1.807) is 18.5 Å². The number of hydrogen-bond acceptors (Lipinski definition) is 3. The highest BCUT2D eigenvalue weighted by Gasteiger charge is 2.12. The van der Waals surface area contributed by atoms with Crippen molar-refractivity contribution in [3.8, 4) is 0 Å². The standard InChI is InChI=1S/C8H9BrN2O2/c9-6-4-11-2-1-5(6)7(10)3-8(12)13/h1-2,4,7H,3,10H2,(H,12,13)/t7-/m1/s1. The van der Waals surface area contributed by atoms with Crippen molar-refractivity contribution in [2.75, 3.05) is 0 Å². The van der Waals surface area contributed by atoms with E-state index >= 15 is 0 Å². The summed E-state index contributed by atoms with van der Waals surface area (Å²) in [6, 6.07) is 1.22. The number of nitrogens with zero attached hydrogens (tertiary/aromatic N) is 1. The number of aromatic nitrogens is 1. The van der Waals surface area contributed by atoms with Crippen molar-refractivity contribution >= 4 is 21.9 Å². The van der Waals surface area contributed by atoms with Crippen LogP contribution in [0.25, 0.3) is 0 Å². The molecule has 70 valence electrons. The Kier molecular flexibility index (Phi) is 3.39. The second-order valence-electron chi connectivity index (χ2n) is 2.60. The van der Waals surface area contributed by atoms with E-state index in [9.17, 15) is 4.79 Å². The fraction of sp³-hybridized carbons (Fsp3) is 0.250. The third-order valence-electron chi connectivity index (χ3n) is 1.60. The lowest BCUT2D eigenvalue weighted by Gasteiger charge is -2.10. The van der Waals surface area contributed by atoms with Crippen LogP contribution in [0.15, 0.2) is 22.9 Å². The minimum absolute atomic E-state index is 0.0807. The minimum atomic E-state index is -0.906. The van der Waals surface area contributed by atoms with E-state index in [2.05, 4.69) is 20.9 Å². The van der Waals surface area contributed by atoms with Crippen LogP contribution >= 0.6 is 15.9 Å². The molecule has 0 amide bonds. The van der Waals surface area contributed by atoms with Crippen LogP contribution in [0.3, 0.4) is 0 Å². The molecule has 0 unspecified atom stereocenters. The number of carbonyl (C=O) groups is 1. The summed E-state index contributed by atoms with van der Waals surface area (Å²) in [5, 5.41) is 8.53. The summed E-state index contributed by atoms with van der Waals surface area (Å²) in [4.78, 5) is 14.2.